The van der Waals surface area contributed by atoms with Gasteiger partial charge in [-0.15, -0.1) is 11.8 Å². The Balaban J connectivity index is 2.94. The molecule has 0 saturated carbocycles. The van der Waals surface area contributed by atoms with Crippen LogP contribution < -0.4 is 0 Å². The molecule has 1 aromatic rings. The molecule has 0 spiro atoms. The van der Waals surface area contributed by atoms with Gasteiger partial charge in [0.15, 0.2) is 0 Å². The fourth-order valence-electron chi connectivity index (χ4n) is 1.47. The first-order chi connectivity index (χ1) is 8.27. The van der Waals surface area contributed by atoms with E-state index in [1.165, 1.54) is 30.2 Å². The highest BCUT2D eigenvalue weighted by Gasteiger charge is 2.31. The van der Waals surface area contributed by atoms with Crippen molar-refractivity contribution in [1.29, 1.82) is 0 Å². The van der Waals surface area contributed by atoms with Crippen LogP contribution in [0.4, 0.5) is 13.2 Å². The standard InChI is InChI=1S/C11H13F3O2S2/c1-17-10(18(2)16)9(15)7-3-5-8(6-4-7)11(12,13)14/h3-6,9-10,15H,1-2H3. The fraction of sp³-hybridized carbons (Fsp3) is 0.455. The summed E-state index contributed by atoms with van der Waals surface area (Å²) in [5.41, 5.74) is -0.436. The molecule has 7 heteroatoms. The van der Waals surface area contributed by atoms with Gasteiger partial charge in [-0.25, -0.2) is 0 Å². The van der Waals surface area contributed by atoms with Crippen LogP contribution in [0.5, 0.6) is 0 Å². The number of aliphatic hydroxyl groups excluding tert-OH is 1. The molecule has 0 amide bonds. The van der Waals surface area contributed by atoms with E-state index in [9.17, 15) is 22.5 Å². The Kier molecular flexibility index (Phi) is 5.24. The van der Waals surface area contributed by atoms with Gasteiger partial charge in [0.05, 0.1) is 5.56 Å². The molecule has 0 bridgehead atoms. The molecule has 102 valence electrons. The Bertz CT molecular complexity index is 417. The van der Waals surface area contributed by atoms with Crippen molar-refractivity contribution in [2.45, 2.75) is 16.9 Å². The number of thioether (sulfide) groups is 1. The van der Waals surface area contributed by atoms with Crippen molar-refractivity contribution < 1.29 is 22.5 Å². The van der Waals surface area contributed by atoms with Crippen molar-refractivity contribution in [2.75, 3.05) is 12.5 Å². The minimum Gasteiger partial charge on any atom is -0.386 e. The van der Waals surface area contributed by atoms with E-state index in [4.69, 9.17) is 0 Å². The highest BCUT2D eigenvalue weighted by molar-refractivity contribution is 8.10. The Hall–Kier alpha value is -0.530. The summed E-state index contributed by atoms with van der Waals surface area (Å²) in [5, 5.41) is 9.95. The number of aliphatic hydroxyl groups is 1. The van der Waals surface area contributed by atoms with E-state index in [1.54, 1.807) is 6.26 Å². The number of alkyl halides is 3. The van der Waals surface area contributed by atoms with Gasteiger partial charge in [-0.1, -0.05) is 12.1 Å². The topological polar surface area (TPSA) is 37.3 Å². The van der Waals surface area contributed by atoms with Crippen molar-refractivity contribution in [1.82, 2.24) is 0 Å². The van der Waals surface area contributed by atoms with Gasteiger partial charge in [0, 0.05) is 17.1 Å². The monoisotopic (exact) mass is 298 g/mol. The summed E-state index contributed by atoms with van der Waals surface area (Å²) in [6, 6.07) is 4.25. The second-order valence-electron chi connectivity index (χ2n) is 3.67. The average molecular weight is 298 g/mol. The second-order valence-corrected chi connectivity index (χ2v) is 6.45. The first kappa shape index (κ1) is 15.5. The smallest absolute Gasteiger partial charge is 0.386 e. The van der Waals surface area contributed by atoms with Crippen LogP contribution in [-0.2, 0) is 17.0 Å². The van der Waals surface area contributed by atoms with Gasteiger partial charge in [-0.2, -0.15) is 13.2 Å². The van der Waals surface area contributed by atoms with Crippen molar-refractivity contribution in [3.05, 3.63) is 35.4 Å². The first-order valence-corrected chi connectivity index (χ1v) is 7.88. The van der Waals surface area contributed by atoms with Gasteiger partial charge in [-0.05, 0) is 24.0 Å². The molecule has 1 N–H and O–H groups in total. The predicted molar refractivity (Wildman–Crippen MR) is 67.8 cm³/mol. The van der Waals surface area contributed by atoms with Crippen LogP contribution in [0.15, 0.2) is 24.3 Å². The number of hydrogen-bond donors (Lipinski definition) is 1. The number of benzene rings is 1. The molecular formula is C11H13F3O2S2. The lowest BCUT2D eigenvalue weighted by molar-refractivity contribution is -0.137. The molecule has 1 rings (SSSR count). The highest BCUT2D eigenvalue weighted by Crippen LogP contribution is 2.32. The molecule has 1 aromatic carbocycles. The lowest BCUT2D eigenvalue weighted by atomic mass is 10.1. The Morgan fingerprint density at radius 1 is 1.28 bits per heavy atom. The Labute approximate surface area is 110 Å². The van der Waals surface area contributed by atoms with Crippen molar-refractivity contribution >= 4 is 22.6 Å². The summed E-state index contributed by atoms with van der Waals surface area (Å²) < 4.78 is 47.9. The predicted octanol–water partition coefficient (Wildman–Crippen LogP) is 2.81. The highest BCUT2D eigenvalue weighted by atomic mass is 32.2. The molecule has 0 aliphatic carbocycles. The van der Waals surface area contributed by atoms with Crippen LogP contribution in [0.2, 0.25) is 0 Å². The quantitative estimate of drug-likeness (QED) is 0.929. The summed E-state index contributed by atoms with van der Waals surface area (Å²) in [6.07, 6.45) is -2.29. The molecule has 0 saturated heterocycles. The third kappa shape index (κ3) is 3.73. The molecule has 0 fully saturated rings. The van der Waals surface area contributed by atoms with Crippen LogP contribution in [-0.4, -0.2) is 26.4 Å². The number of rotatable bonds is 4. The number of halogens is 3. The largest absolute Gasteiger partial charge is 0.416 e. The molecule has 3 unspecified atom stereocenters. The van der Waals surface area contributed by atoms with Crippen LogP contribution in [0.25, 0.3) is 0 Å². The van der Waals surface area contributed by atoms with Gasteiger partial charge in [0.1, 0.15) is 10.7 Å². The van der Waals surface area contributed by atoms with E-state index in [-0.39, 0.29) is 0 Å². The van der Waals surface area contributed by atoms with Gasteiger partial charge in [-0.3, -0.25) is 4.21 Å². The second kappa shape index (κ2) is 6.08. The number of hydrogen-bond acceptors (Lipinski definition) is 3. The van der Waals surface area contributed by atoms with Crippen LogP contribution >= 0.6 is 11.8 Å². The van der Waals surface area contributed by atoms with Gasteiger partial charge in [0.25, 0.3) is 0 Å². The third-order valence-electron chi connectivity index (χ3n) is 2.40. The zero-order valence-corrected chi connectivity index (χ0v) is 11.4. The van der Waals surface area contributed by atoms with E-state index in [0.29, 0.717) is 5.56 Å². The first-order valence-electron chi connectivity index (χ1n) is 4.97. The minimum absolute atomic E-state index is 0.331. The van der Waals surface area contributed by atoms with E-state index in [0.717, 1.165) is 12.1 Å². The summed E-state index contributed by atoms with van der Waals surface area (Å²) in [4.78, 5) is 0. The third-order valence-corrected chi connectivity index (χ3v) is 5.42. The minimum atomic E-state index is -4.39. The molecular weight excluding hydrogens is 285 g/mol. The lowest BCUT2D eigenvalue weighted by Crippen LogP contribution is -2.19. The molecule has 0 aliphatic heterocycles. The molecule has 0 aromatic heterocycles. The molecule has 3 atom stereocenters. The van der Waals surface area contributed by atoms with Crippen molar-refractivity contribution in [2.24, 2.45) is 0 Å². The van der Waals surface area contributed by atoms with E-state index in [2.05, 4.69) is 0 Å². The van der Waals surface area contributed by atoms with Crippen LogP contribution in [0, 0.1) is 0 Å². The maximum atomic E-state index is 12.4. The fourth-order valence-corrected chi connectivity index (χ4v) is 3.49. The maximum absolute atomic E-state index is 12.4. The molecule has 0 heterocycles. The summed E-state index contributed by atoms with van der Waals surface area (Å²) in [6.45, 7) is 0. The van der Waals surface area contributed by atoms with Gasteiger partial charge < -0.3 is 5.11 Å². The Morgan fingerprint density at radius 3 is 2.11 bits per heavy atom. The summed E-state index contributed by atoms with van der Waals surface area (Å²) in [7, 11) is -1.27. The van der Waals surface area contributed by atoms with E-state index < -0.39 is 33.2 Å². The van der Waals surface area contributed by atoms with Crippen LogP contribution in [0.3, 0.4) is 0 Å². The Morgan fingerprint density at radius 2 is 1.78 bits per heavy atom. The van der Waals surface area contributed by atoms with Gasteiger partial charge >= 0.3 is 6.18 Å². The molecule has 2 nitrogen and oxygen atoms in total. The van der Waals surface area contributed by atoms with Gasteiger partial charge in [0.2, 0.25) is 0 Å². The summed E-state index contributed by atoms with van der Waals surface area (Å²) >= 11 is 1.22. The lowest BCUT2D eigenvalue weighted by Gasteiger charge is -2.19. The molecule has 0 aliphatic rings. The van der Waals surface area contributed by atoms with E-state index >= 15 is 0 Å². The average Bonchev–Trinajstić information content (AvgIpc) is 2.28. The normalized spacial score (nSPS) is 17.2. The molecule has 0 radical (unpaired) electrons. The van der Waals surface area contributed by atoms with Crippen molar-refractivity contribution in [3.63, 3.8) is 0 Å². The maximum Gasteiger partial charge on any atom is 0.416 e. The molecule has 18 heavy (non-hydrogen) atoms. The van der Waals surface area contributed by atoms with E-state index in [1.807, 2.05) is 0 Å². The zero-order chi connectivity index (χ0) is 13.9. The SMILES string of the molecule is CSC(C(O)c1ccc(C(F)(F)F)cc1)S(C)=O. The van der Waals surface area contributed by atoms with Crippen molar-refractivity contribution in [3.8, 4) is 0 Å². The zero-order valence-electron chi connectivity index (χ0n) is 9.77. The van der Waals surface area contributed by atoms with Crippen LogP contribution in [0.1, 0.15) is 17.2 Å². The summed E-state index contributed by atoms with van der Waals surface area (Å²) in [5.74, 6) is 0.